The standard InChI is InChI=1S/C10H18N2O/c1-8(2)5-6-10(13)12(4)9(3)7-11/h8-9H,5-6H2,1-4H3. The van der Waals surface area contributed by atoms with Crippen LogP contribution in [0.2, 0.25) is 0 Å². The summed E-state index contributed by atoms with van der Waals surface area (Å²) in [7, 11) is 1.68. The SMILES string of the molecule is CC(C)CCC(=O)N(C)C(C)C#N. The third-order valence-corrected chi connectivity index (χ3v) is 2.10. The van der Waals surface area contributed by atoms with Gasteiger partial charge in [-0.2, -0.15) is 5.26 Å². The quantitative estimate of drug-likeness (QED) is 0.665. The minimum absolute atomic E-state index is 0.0581. The van der Waals surface area contributed by atoms with Gasteiger partial charge in [0.2, 0.25) is 5.91 Å². The van der Waals surface area contributed by atoms with Gasteiger partial charge < -0.3 is 4.90 Å². The lowest BCUT2D eigenvalue weighted by atomic mass is 10.1. The fourth-order valence-electron chi connectivity index (χ4n) is 0.891. The molecule has 0 spiro atoms. The van der Waals surface area contributed by atoms with Gasteiger partial charge >= 0.3 is 0 Å². The summed E-state index contributed by atoms with van der Waals surface area (Å²) in [4.78, 5) is 12.9. The molecular formula is C10H18N2O. The van der Waals surface area contributed by atoms with E-state index in [4.69, 9.17) is 5.26 Å². The minimum atomic E-state index is -0.320. The van der Waals surface area contributed by atoms with Gasteiger partial charge in [-0.15, -0.1) is 0 Å². The number of rotatable bonds is 4. The molecule has 0 saturated heterocycles. The van der Waals surface area contributed by atoms with Gasteiger partial charge in [0, 0.05) is 13.5 Å². The summed E-state index contributed by atoms with van der Waals surface area (Å²) in [5, 5.41) is 8.59. The molecule has 0 aliphatic heterocycles. The van der Waals surface area contributed by atoms with Gasteiger partial charge in [0.25, 0.3) is 0 Å². The number of amides is 1. The highest BCUT2D eigenvalue weighted by Gasteiger charge is 2.14. The molecule has 0 aliphatic rings. The summed E-state index contributed by atoms with van der Waals surface area (Å²) >= 11 is 0. The Bertz CT molecular complexity index is 205. The van der Waals surface area contributed by atoms with Gasteiger partial charge in [-0.3, -0.25) is 4.79 Å². The summed E-state index contributed by atoms with van der Waals surface area (Å²) in [5.41, 5.74) is 0. The van der Waals surface area contributed by atoms with Gasteiger partial charge in [0.1, 0.15) is 6.04 Å². The molecule has 74 valence electrons. The van der Waals surface area contributed by atoms with Gasteiger partial charge in [0.15, 0.2) is 0 Å². The molecule has 0 fully saturated rings. The number of nitriles is 1. The molecule has 1 amide bonds. The van der Waals surface area contributed by atoms with E-state index in [0.717, 1.165) is 6.42 Å². The zero-order valence-corrected chi connectivity index (χ0v) is 8.87. The van der Waals surface area contributed by atoms with Crippen molar-refractivity contribution in [3.8, 4) is 6.07 Å². The van der Waals surface area contributed by atoms with Crippen molar-refractivity contribution in [1.82, 2.24) is 4.90 Å². The van der Waals surface area contributed by atoms with E-state index < -0.39 is 0 Å². The van der Waals surface area contributed by atoms with E-state index in [1.165, 1.54) is 4.90 Å². The Balaban J connectivity index is 3.91. The van der Waals surface area contributed by atoms with Crippen LogP contribution in [-0.2, 0) is 4.79 Å². The van der Waals surface area contributed by atoms with Crippen LogP contribution in [0.15, 0.2) is 0 Å². The van der Waals surface area contributed by atoms with Crippen LogP contribution in [0.25, 0.3) is 0 Å². The largest absolute Gasteiger partial charge is 0.330 e. The average Bonchev–Trinajstić information content (AvgIpc) is 2.11. The minimum Gasteiger partial charge on any atom is -0.330 e. The molecule has 1 unspecified atom stereocenters. The first-order valence-corrected chi connectivity index (χ1v) is 4.64. The first-order chi connectivity index (χ1) is 5.99. The maximum Gasteiger partial charge on any atom is 0.223 e. The summed E-state index contributed by atoms with van der Waals surface area (Å²) < 4.78 is 0. The average molecular weight is 182 g/mol. The monoisotopic (exact) mass is 182 g/mol. The zero-order valence-electron chi connectivity index (χ0n) is 8.87. The Kier molecular flexibility index (Phi) is 5.13. The van der Waals surface area contributed by atoms with E-state index >= 15 is 0 Å². The molecule has 0 aromatic heterocycles. The van der Waals surface area contributed by atoms with Crippen molar-refractivity contribution in [2.75, 3.05) is 7.05 Å². The third kappa shape index (κ3) is 4.51. The van der Waals surface area contributed by atoms with Crippen LogP contribution in [0.4, 0.5) is 0 Å². The predicted molar refractivity (Wildman–Crippen MR) is 51.9 cm³/mol. The molecular weight excluding hydrogens is 164 g/mol. The molecule has 0 aliphatic carbocycles. The van der Waals surface area contributed by atoms with Crippen LogP contribution < -0.4 is 0 Å². The molecule has 0 aromatic rings. The van der Waals surface area contributed by atoms with Crippen LogP contribution in [0.5, 0.6) is 0 Å². The van der Waals surface area contributed by atoms with Crippen LogP contribution in [-0.4, -0.2) is 23.9 Å². The first kappa shape index (κ1) is 12.0. The zero-order chi connectivity index (χ0) is 10.4. The molecule has 0 rings (SSSR count). The van der Waals surface area contributed by atoms with Gasteiger partial charge in [0.05, 0.1) is 6.07 Å². The molecule has 1 atom stereocenters. The maximum atomic E-state index is 11.4. The van der Waals surface area contributed by atoms with E-state index in [0.29, 0.717) is 12.3 Å². The van der Waals surface area contributed by atoms with Gasteiger partial charge in [-0.25, -0.2) is 0 Å². The van der Waals surface area contributed by atoms with Crippen molar-refractivity contribution in [2.24, 2.45) is 5.92 Å². The van der Waals surface area contributed by atoms with Crippen molar-refractivity contribution in [3.05, 3.63) is 0 Å². The van der Waals surface area contributed by atoms with Crippen LogP contribution in [0.1, 0.15) is 33.6 Å². The second-order valence-electron chi connectivity index (χ2n) is 3.74. The van der Waals surface area contributed by atoms with Crippen molar-refractivity contribution in [1.29, 1.82) is 5.26 Å². The summed E-state index contributed by atoms with van der Waals surface area (Å²) in [6, 6.07) is 1.72. The van der Waals surface area contributed by atoms with Crippen molar-refractivity contribution in [2.45, 2.75) is 39.7 Å². The maximum absolute atomic E-state index is 11.4. The second kappa shape index (κ2) is 5.58. The topological polar surface area (TPSA) is 44.1 Å². The number of carbonyl (C=O) groups is 1. The molecule has 3 nitrogen and oxygen atoms in total. The van der Waals surface area contributed by atoms with E-state index in [1.807, 2.05) is 6.07 Å². The first-order valence-electron chi connectivity index (χ1n) is 4.64. The fraction of sp³-hybridized carbons (Fsp3) is 0.800. The van der Waals surface area contributed by atoms with Gasteiger partial charge in [-0.05, 0) is 19.3 Å². The Hall–Kier alpha value is -1.04. The molecule has 0 radical (unpaired) electrons. The highest BCUT2D eigenvalue weighted by Crippen LogP contribution is 2.06. The van der Waals surface area contributed by atoms with Crippen LogP contribution >= 0.6 is 0 Å². The Morgan fingerprint density at radius 2 is 2.00 bits per heavy atom. The highest BCUT2D eigenvalue weighted by molar-refractivity contribution is 5.76. The summed E-state index contributed by atoms with van der Waals surface area (Å²) in [6.45, 7) is 5.90. The van der Waals surface area contributed by atoms with E-state index in [1.54, 1.807) is 14.0 Å². The third-order valence-electron chi connectivity index (χ3n) is 2.10. The van der Waals surface area contributed by atoms with E-state index in [2.05, 4.69) is 13.8 Å². The molecule has 3 heteroatoms. The summed E-state index contributed by atoms with van der Waals surface area (Å²) in [6.07, 6.45) is 1.43. The Morgan fingerprint density at radius 3 is 2.38 bits per heavy atom. The molecule has 0 saturated carbocycles. The van der Waals surface area contributed by atoms with Crippen molar-refractivity contribution >= 4 is 5.91 Å². The molecule has 0 heterocycles. The molecule has 0 N–H and O–H groups in total. The Morgan fingerprint density at radius 1 is 1.46 bits per heavy atom. The lowest BCUT2D eigenvalue weighted by Gasteiger charge is -2.19. The van der Waals surface area contributed by atoms with E-state index in [-0.39, 0.29) is 11.9 Å². The smallest absolute Gasteiger partial charge is 0.223 e. The number of carbonyl (C=O) groups excluding carboxylic acids is 1. The van der Waals surface area contributed by atoms with E-state index in [9.17, 15) is 4.79 Å². The fourth-order valence-corrected chi connectivity index (χ4v) is 0.891. The predicted octanol–water partition coefficient (Wildman–Crippen LogP) is 1.79. The van der Waals surface area contributed by atoms with Crippen LogP contribution in [0.3, 0.4) is 0 Å². The van der Waals surface area contributed by atoms with Crippen molar-refractivity contribution in [3.63, 3.8) is 0 Å². The van der Waals surface area contributed by atoms with Crippen LogP contribution in [0, 0.1) is 17.2 Å². The second-order valence-corrected chi connectivity index (χ2v) is 3.74. The summed E-state index contributed by atoms with van der Waals surface area (Å²) in [5.74, 6) is 0.595. The number of hydrogen-bond donors (Lipinski definition) is 0. The highest BCUT2D eigenvalue weighted by atomic mass is 16.2. The van der Waals surface area contributed by atoms with Gasteiger partial charge in [-0.1, -0.05) is 13.8 Å². The number of hydrogen-bond acceptors (Lipinski definition) is 2. The lowest BCUT2D eigenvalue weighted by Crippen LogP contribution is -2.33. The number of nitrogens with zero attached hydrogens (tertiary/aromatic N) is 2. The lowest BCUT2D eigenvalue weighted by molar-refractivity contribution is -0.131. The molecule has 0 aromatic carbocycles. The normalized spacial score (nSPS) is 12.3. The van der Waals surface area contributed by atoms with Crippen molar-refractivity contribution < 1.29 is 4.79 Å². The molecule has 0 bridgehead atoms. The Labute approximate surface area is 80.3 Å². The molecule has 13 heavy (non-hydrogen) atoms.